The van der Waals surface area contributed by atoms with Gasteiger partial charge in [-0.3, -0.25) is 4.79 Å². The molecule has 0 bridgehead atoms. The average molecular weight is 389 g/mol. The van der Waals surface area contributed by atoms with Gasteiger partial charge >= 0.3 is 0 Å². The zero-order chi connectivity index (χ0) is 19.4. The van der Waals surface area contributed by atoms with Gasteiger partial charge in [-0.05, 0) is 35.6 Å². The van der Waals surface area contributed by atoms with Crippen LogP contribution in [0.25, 0.3) is 10.8 Å². The molecule has 1 aliphatic rings. The van der Waals surface area contributed by atoms with Crippen LogP contribution in [0.5, 0.6) is 0 Å². The normalized spacial score (nSPS) is 18.5. The van der Waals surface area contributed by atoms with Gasteiger partial charge in [-0.2, -0.15) is 4.31 Å². The number of carbonyl (C=O) groups excluding carboxylic acids is 1. The monoisotopic (exact) mass is 388 g/mol. The summed E-state index contributed by atoms with van der Waals surface area (Å²) in [6.45, 7) is 2.77. The summed E-state index contributed by atoms with van der Waals surface area (Å²) >= 11 is 0. The molecule has 1 fully saturated rings. The van der Waals surface area contributed by atoms with Crippen LogP contribution in [0.4, 0.5) is 0 Å². The minimum Gasteiger partial charge on any atom is -0.340 e. The van der Waals surface area contributed by atoms with Crippen LogP contribution in [0.1, 0.15) is 38.2 Å². The summed E-state index contributed by atoms with van der Waals surface area (Å²) in [7, 11) is -1.62. The first kappa shape index (κ1) is 19.8. The molecular formula is C21H28N2O3S. The van der Waals surface area contributed by atoms with E-state index in [0.717, 1.165) is 29.2 Å². The first-order valence-electron chi connectivity index (χ1n) is 9.65. The summed E-state index contributed by atoms with van der Waals surface area (Å²) in [6, 6.07) is 13.6. The number of rotatable bonds is 6. The highest BCUT2D eigenvalue weighted by Crippen LogP contribution is 2.24. The van der Waals surface area contributed by atoms with Gasteiger partial charge in [0, 0.05) is 20.1 Å². The molecule has 2 aromatic carbocycles. The van der Waals surface area contributed by atoms with Crippen LogP contribution in [0.2, 0.25) is 0 Å². The van der Waals surface area contributed by atoms with E-state index >= 15 is 0 Å². The zero-order valence-corrected chi connectivity index (χ0v) is 16.9. The molecule has 1 amide bonds. The number of fused-ring (bicyclic) bond motifs is 1. The lowest BCUT2D eigenvalue weighted by Crippen LogP contribution is -2.52. The molecular weight excluding hydrogens is 360 g/mol. The lowest BCUT2D eigenvalue weighted by atomic mass is 10.0. The number of benzene rings is 2. The first-order chi connectivity index (χ1) is 12.9. The number of hydrogen-bond donors (Lipinski definition) is 0. The number of carbonyl (C=O) groups is 1. The van der Waals surface area contributed by atoms with E-state index < -0.39 is 16.1 Å². The molecule has 0 aliphatic carbocycles. The lowest BCUT2D eigenvalue weighted by molar-refractivity contribution is -0.135. The van der Waals surface area contributed by atoms with Crippen LogP contribution in [0.3, 0.4) is 0 Å². The molecule has 0 N–H and O–H groups in total. The van der Waals surface area contributed by atoms with E-state index in [1.165, 1.54) is 4.31 Å². The molecule has 1 atom stereocenters. The molecule has 0 saturated carbocycles. The van der Waals surface area contributed by atoms with Gasteiger partial charge in [0.1, 0.15) is 6.04 Å². The molecule has 1 heterocycles. The third kappa shape index (κ3) is 4.33. The van der Waals surface area contributed by atoms with Crippen molar-refractivity contribution in [3.8, 4) is 0 Å². The molecule has 27 heavy (non-hydrogen) atoms. The quantitative estimate of drug-likeness (QED) is 0.762. The van der Waals surface area contributed by atoms with Gasteiger partial charge in [0.05, 0.1) is 5.75 Å². The van der Waals surface area contributed by atoms with E-state index in [1.54, 1.807) is 11.9 Å². The van der Waals surface area contributed by atoms with Crippen LogP contribution < -0.4 is 0 Å². The van der Waals surface area contributed by atoms with Gasteiger partial charge in [0.15, 0.2) is 0 Å². The largest absolute Gasteiger partial charge is 0.340 e. The Morgan fingerprint density at radius 1 is 1.15 bits per heavy atom. The minimum atomic E-state index is -3.38. The maximum Gasteiger partial charge on any atom is 0.241 e. The fraction of sp³-hybridized carbons (Fsp3) is 0.476. The van der Waals surface area contributed by atoms with Gasteiger partial charge in [-0.15, -0.1) is 0 Å². The summed E-state index contributed by atoms with van der Waals surface area (Å²) in [5.41, 5.74) is 1.07. The maximum absolute atomic E-state index is 13.1. The summed E-state index contributed by atoms with van der Waals surface area (Å²) in [4.78, 5) is 14.8. The molecule has 0 spiro atoms. The Morgan fingerprint density at radius 2 is 1.89 bits per heavy atom. The van der Waals surface area contributed by atoms with E-state index in [0.29, 0.717) is 25.9 Å². The van der Waals surface area contributed by atoms with Crippen molar-refractivity contribution >= 4 is 26.7 Å². The third-order valence-corrected chi connectivity index (χ3v) is 7.30. The fourth-order valence-electron chi connectivity index (χ4n) is 3.88. The van der Waals surface area contributed by atoms with E-state index in [4.69, 9.17) is 0 Å². The standard InChI is InChI=1S/C21H28N2O3S/c1-3-15-27(25,26)23-14-7-6-13-20(23)21(24)22(2)16-18-11-8-10-17-9-4-5-12-19(17)18/h4-5,8-12,20H,3,6-7,13-16H2,1-2H3. The summed E-state index contributed by atoms with van der Waals surface area (Å²) < 4.78 is 26.7. The summed E-state index contributed by atoms with van der Waals surface area (Å²) in [6.07, 6.45) is 2.86. The second-order valence-corrected chi connectivity index (χ2v) is 9.31. The first-order valence-corrected chi connectivity index (χ1v) is 11.3. The highest BCUT2D eigenvalue weighted by Gasteiger charge is 2.37. The van der Waals surface area contributed by atoms with Crippen LogP contribution in [-0.2, 0) is 21.4 Å². The van der Waals surface area contributed by atoms with Gasteiger partial charge in [0.25, 0.3) is 0 Å². The van der Waals surface area contributed by atoms with Crippen molar-refractivity contribution in [1.82, 2.24) is 9.21 Å². The van der Waals surface area contributed by atoms with Gasteiger partial charge in [-0.1, -0.05) is 55.8 Å². The Bertz CT molecular complexity index is 905. The number of hydrogen-bond acceptors (Lipinski definition) is 3. The predicted octanol–water partition coefficient (Wildman–Crippen LogP) is 3.39. The smallest absolute Gasteiger partial charge is 0.241 e. The van der Waals surface area contributed by atoms with Crippen molar-refractivity contribution < 1.29 is 13.2 Å². The van der Waals surface area contributed by atoms with Crippen molar-refractivity contribution in [1.29, 1.82) is 0 Å². The highest BCUT2D eigenvalue weighted by molar-refractivity contribution is 7.89. The van der Waals surface area contributed by atoms with Gasteiger partial charge in [-0.25, -0.2) is 8.42 Å². The third-order valence-electron chi connectivity index (χ3n) is 5.22. The maximum atomic E-state index is 13.1. The number of nitrogens with zero attached hydrogens (tertiary/aromatic N) is 2. The van der Waals surface area contributed by atoms with Crippen LogP contribution >= 0.6 is 0 Å². The SMILES string of the molecule is CCCS(=O)(=O)N1CCCCC1C(=O)N(C)Cc1cccc2ccccc12. The Hall–Kier alpha value is -1.92. The molecule has 6 heteroatoms. The Kier molecular flexibility index (Phi) is 6.17. The van der Waals surface area contributed by atoms with Crippen LogP contribution in [0.15, 0.2) is 42.5 Å². The van der Waals surface area contributed by atoms with E-state index in [1.807, 2.05) is 31.2 Å². The topological polar surface area (TPSA) is 57.7 Å². The number of piperidine rings is 1. The predicted molar refractivity (Wildman–Crippen MR) is 109 cm³/mol. The second kappa shape index (κ2) is 8.40. The lowest BCUT2D eigenvalue weighted by Gasteiger charge is -2.36. The molecule has 1 aliphatic heterocycles. The number of amides is 1. The fourth-order valence-corrected chi connectivity index (χ4v) is 5.62. The second-order valence-electron chi connectivity index (χ2n) is 7.27. The summed E-state index contributed by atoms with van der Waals surface area (Å²) in [5.74, 6) is -0.00796. The average Bonchev–Trinajstić information content (AvgIpc) is 2.67. The molecule has 1 saturated heterocycles. The van der Waals surface area contributed by atoms with Crippen molar-refractivity contribution in [3.63, 3.8) is 0 Å². The Labute approximate surface area is 162 Å². The molecule has 1 unspecified atom stereocenters. The van der Waals surface area contributed by atoms with Crippen molar-refractivity contribution in [2.75, 3.05) is 19.3 Å². The number of sulfonamides is 1. The van der Waals surface area contributed by atoms with Crippen molar-refractivity contribution in [2.24, 2.45) is 0 Å². The van der Waals surface area contributed by atoms with Crippen molar-refractivity contribution in [3.05, 3.63) is 48.0 Å². The molecule has 3 rings (SSSR count). The van der Waals surface area contributed by atoms with Crippen molar-refractivity contribution in [2.45, 2.75) is 45.2 Å². The molecule has 0 aromatic heterocycles. The minimum absolute atomic E-state index is 0.101. The molecule has 0 radical (unpaired) electrons. The Morgan fingerprint density at radius 3 is 2.67 bits per heavy atom. The van der Waals surface area contributed by atoms with Gasteiger partial charge in [0.2, 0.25) is 15.9 Å². The van der Waals surface area contributed by atoms with E-state index in [9.17, 15) is 13.2 Å². The Balaban J connectivity index is 1.81. The highest BCUT2D eigenvalue weighted by atomic mass is 32.2. The van der Waals surface area contributed by atoms with E-state index in [2.05, 4.69) is 18.2 Å². The molecule has 5 nitrogen and oxygen atoms in total. The van der Waals surface area contributed by atoms with Gasteiger partial charge < -0.3 is 4.90 Å². The molecule has 2 aromatic rings. The van der Waals surface area contributed by atoms with Crippen LogP contribution in [0, 0.1) is 0 Å². The van der Waals surface area contributed by atoms with E-state index in [-0.39, 0.29) is 11.7 Å². The van der Waals surface area contributed by atoms with Crippen LogP contribution in [-0.4, -0.2) is 48.9 Å². The number of likely N-dealkylation sites (N-methyl/N-ethyl adjacent to an activating group) is 1. The zero-order valence-electron chi connectivity index (χ0n) is 16.1. The molecule has 146 valence electrons. The summed E-state index contributed by atoms with van der Waals surface area (Å²) in [5, 5.41) is 2.26.